The topological polar surface area (TPSA) is 18.5 Å². The van der Waals surface area contributed by atoms with E-state index in [0.29, 0.717) is 11.8 Å². The van der Waals surface area contributed by atoms with E-state index in [1.165, 1.54) is 103 Å². The Morgan fingerprint density at radius 3 is 1.42 bits per heavy atom. The second-order valence-electron chi connectivity index (χ2n) is 8.26. The van der Waals surface area contributed by atoms with Crippen molar-refractivity contribution < 1.29 is 9.78 Å². The van der Waals surface area contributed by atoms with Crippen LogP contribution in [0.3, 0.4) is 0 Å². The second-order valence-corrected chi connectivity index (χ2v) is 8.26. The van der Waals surface area contributed by atoms with E-state index in [2.05, 4.69) is 27.7 Å². The summed E-state index contributed by atoms with van der Waals surface area (Å²) in [5.41, 5.74) is 0. The van der Waals surface area contributed by atoms with Crippen molar-refractivity contribution in [2.45, 2.75) is 130 Å². The Kier molecular flexibility index (Phi) is 21.2. The van der Waals surface area contributed by atoms with Gasteiger partial charge in [-0.1, -0.05) is 111 Å². The van der Waals surface area contributed by atoms with Crippen molar-refractivity contribution in [3.8, 4) is 0 Å². The van der Waals surface area contributed by atoms with Gasteiger partial charge in [-0.2, -0.15) is 0 Å². The molecule has 0 aromatic heterocycles. The molecule has 0 saturated heterocycles. The molecule has 0 spiro atoms. The molecule has 0 aliphatic rings. The van der Waals surface area contributed by atoms with Crippen LogP contribution in [0.2, 0.25) is 0 Å². The molecule has 0 fully saturated rings. The van der Waals surface area contributed by atoms with Gasteiger partial charge in [0, 0.05) is 0 Å². The van der Waals surface area contributed by atoms with Gasteiger partial charge in [-0.25, -0.2) is 9.78 Å². The third kappa shape index (κ3) is 17.3. The first-order chi connectivity index (χ1) is 12.8. The van der Waals surface area contributed by atoms with Gasteiger partial charge in [0.15, 0.2) is 0 Å². The molecule has 26 heavy (non-hydrogen) atoms. The summed E-state index contributed by atoms with van der Waals surface area (Å²) in [6, 6.07) is 0. The highest BCUT2D eigenvalue weighted by atomic mass is 17.2. The summed E-state index contributed by atoms with van der Waals surface area (Å²) in [6.07, 6.45) is 21.4. The Balaban J connectivity index is 3.93. The third-order valence-electron chi connectivity index (χ3n) is 5.67. The third-order valence-corrected chi connectivity index (χ3v) is 5.67. The lowest BCUT2D eigenvalue weighted by Gasteiger charge is -2.18. The van der Waals surface area contributed by atoms with Crippen molar-refractivity contribution in [3.05, 3.63) is 0 Å². The lowest BCUT2D eigenvalue weighted by molar-refractivity contribution is -0.308. The van der Waals surface area contributed by atoms with Crippen molar-refractivity contribution in [1.82, 2.24) is 0 Å². The summed E-state index contributed by atoms with van der Waals surface area (Å²) in [4.78, 5) is 11.3. The first kappa shape index (κ1) is 25.9. The van der Waals surface area contributed by atoms with Gasteiger partial charge in [-0.05, 0) is 31.1 Å². The van der Waals surface area contributed by atoms with E-state index < -0.39 is 0 Å². The average molecular weight is 371 g/mol. The van der Waals surface area contributed by atoms with Crippen LogP contribution in [0, 0.1) is 11.8 Å². The summed E-state index contributed by atoms with van der Waals surface area (Å²) in [7, 11) is 0. The summed E-state index contributed by atoms with van der Waals surface area (Å²) >= 11 is 0. The number of unbranched alkanes of at least 4 members (excludes halogenated alkanes) is 9. The normalized spacial score (nSPS) is 13.8. The van der Waals surface area contributed by atoms with E-state index in [-0.39, 0.29) is 0 Å². The lowest BCUT2D eigenvalue weighted by atomic mass is 9.95. The Bertz CT molecular complexity index is 255. The Hall–Kier alpha value is -0.0800. The van der Waals surface area contributed by atoms with Crippen LogP contribution < -0.4 is 0 Å². The van der Waals surface area contributed by atoms with Crippen LogP contribution in [0.4, 0.5) is 0 Å². The maximum Gasteiger partial charge on any atom is 0.0850 e. The highest BCUT2D eigenvalue weighted by Crippen LogP contribution is 2.20. The summed E-state index contributed by atoms with van der Waals surface area (Å²) < 4.78 is 0. The summed E-state index contributed by atoms with van der Waals surface area (Å²) in [5, 5.41) is 0. The SMILES string of the molecule is CCCCCCCCC(CCCCCC)COOCC(CC)CCCC. The van der Waals surface area contributed by atoms with E-state index >= 15 is 0 Å². The molecule has 0 aromatic rings. The minimum atomic E-state index is 0.663. The molecule has 2 atom stereocenters. The van der Waals surface area contributed by atoms with E-state index in [9.17, 15) is 0 Å². The fourth-order valence-electron chi connectivity index (χ4n) is 3.57. The zero-order valence-electron chi connectivity index (χ0n) is 18.7. The highest BCUT2D eigenvalue weighted by Gasteiger charge is 2.11. The monoisotopic (exact) mass is 370 g/mol. The maximum absolute atomic E-state index is 5.66. The van der Waals surface area contributed by atoms with Crippen LogP contribution >= 0.6 is 0 Å². The van der Waals surface area contributed by atoms with Gasteiger partial charge in [0.2, 0.25) is 0 Å². The van der Waals surface area contributed by atoms with Crippen LogP contribution in [0.5, 0.6) is 0 Å². The predicted molar refractivity (Wildman–Crippen MR) is 115 cm³/mol. The maximum atomic E-state index is 5.66. The van der Waals surface area contributed by atoms with Gasteiger partial charge in [-0.15, -0.1) is 0 Å². The van der Waals surface area contributed by atoms with Gasteiger partial charge in [0.1, 0.15) is 0 Å². The van der Waals surface area contributed by atoms with E-state index in [1.807, 2.05) is 0 Å². The van der Waals surface area contributed by atoms with Crippen LogP contribution in [-0.2, 0) is 9.78 Å². The molecule has 0 amide bonds. The van der Waals surface area contributed by atoms with Gasteiger partial charge < -0.3 is 0 Å². The molecule has 0 heterocycles. The summed E-state index contributed by atoms with van der Waals surface area (Å²) in [6.45, 7) is 10.7. The van der Waals surface area contributed by atoms with Crippen molar-refractivity contribution >= 4 is 0 Å². The standard InChI is InChI=1S/C24H50O2/c1-5-9-12-14-15-17-20-24(19-16-13-10-6-2)22-26-25-21-23(8-4)18-11-7-3/h23-24H,5-22H2,1-4H3. The number of hydrogen-bond donors (Lipinski definition) is 0. The largest absolute Gasteiger partial charge is 0.236 e. The molecule has 0 bridgehead atoms. The van der Waals surface area contributed by atoms with Gasteiger partial charge in [0.25, 0.3) is 0 Å². The second kappa shape index (κ2) is 21.2. The van der Waals surface area contributed by atoms with Gasteiger partial charge in [-0.3, -0.25) is 0 Å². The molecule has 0 aliphatic carbocycles. The molecule has 0 saturated carbocycles. The van der Waals surface area contributed by atoms with Crippen LogP contribution in [-0.4, -0.2) is 13.2 Å². The molecule has 2 nitrogen and oxygen atoms in total. The summed E-state index contributed by atoms with van der Waals surface area (Å²) in [5.74, 6) is 1.35. The molecule has 158 valence electrons. The highest BCUT2D eigenvalue weighted by molar-refractivity contribution is 4.60. The van der Waals surface area contributed by atoms with Gasteiger partial charge in [0.05, 0.1) is 13.2 Å². The van der Waals surface area contributed by atoms with Crippen molar-refractivity contribution in [1.29, 1.82) is 0 Å². The van der Waals surface area contributed by atoms with E-state index in [1.54, 1.807) is 0 Å². The molecule has 2 unspecified atom stereocenters. The Labute approximate surface area is 165 Å². The zero-order valence-corrected chi connectivity index (χ0v) is 18.7. The van der Waals surface area contributed by atoms with Gasteiger partial charge >= 0.3 is 0 Å². The molecular weight excluding hydrogens is 320 g/mol. The first-order valence-electron chi connectivity index (χ1n) is 12.0. The molecule has 0 rings (SSSR count). The van der Waals surface area contributed by atoms with Crippen LogP contribution in [0.15, 0.2) is 0 Å². The Morgan fingerprint density at radius 1 is 0.462 bits per heavy atom. The fourth-order valence-corrected chi connectivity index (χ4v) is 3.57. The molecule has 2 heteroatoms. The predicted octanol–water partition coefficient (Wildman–Crippen LogP) is 8.49. The molecular formula is C24H50O2. The van der Waals surface area contributed by atoms with Crippen LogP contribution in [0.1, 0.15) is 130 Å². The smallest absolute Gasteiger partial charge is 0.0850 e. The van der Waals surface area contributed by atoms with E-state index in [4.69, 9.17) is 9.78 Å². The van der Waals surface area contributed by atoms with Crippen molar-refractivity contribution in [2.24, 2.45) is 11.8 Å². The van der Waals surface area contributed by atoms with Crippen LogP contribution in [0.25, 0.3) is 0 Å². The lowest BCUT2D eigenvalue weighted by Crippen LogP contribution is -2.14. The molecule has 0 aliphatic heterocycles. The quantitative estimate of drug-likeness (QED) is 0.114. The Morgan fingerprint density at radius 2 is 0.885 bits per heavy atom. The van der Waals surface area contributed by atoms with Crippen molar-refractivity contribution in [3.63, 3.8) is 0 Å². The van der Waals surface area contributed by atoms with E-state index in [0.717, 1.165) is 13.2 Å². The molecule has 0 aromatic carbocycles. The molecule has 0 N–H and O–H groups in total. The fraction of sp³-hybridized carbons (Fsp3) is 1.00. The zero-order chi connectivity index (χ0) is 19.3. The molecule has 0 radical (unpaired) electrons. The average Bonchev–Trinajstić information content (AvgIpc) is 2.66. The van der Waals surface area contributed by atoms with Crippen molar-refractivity contribution in [2.75, 3.05) is 13.2 Å². The minimum absolute atomic E-state index is 0.663. The minimum Gasteiger partial charge on any atom is -0.236 e. The first-order valence-corrected chi connectivity index (χ1v) is 12.0. The number of hydrogen-bond acceptors (Lipinski definition) is 2. The number of rotatable bonds is 21.